The first-order chi connectivity index (χ1) is 8.13. The Kier molecular flexibility index (Phi) is 5.26. The van der Waals surface area contributed by atoms with E-state index in [1.54, 1.807) is 12.1 Å². The molecule has 0 aromatic carbocycles. The highest BCUT2D eigenvalue weighted by Crippen LogP contribution is 2.01. The van der Waals surface area contributed by atoms with Gasteiger partial charge in [-0.3, -0.25) is 10.1 Å². The number of nitrogens with zero attached hydrogens (tertiary/aromatic N) is 1. The minimum atomic E-state index is -0.361. The number of furan rings is 1. The lowest BCUT2D eigenvalue weighted by Gasteiger charge is -2.06. The number of carbonyl (C=O) groups is 1. The molecule has 17 heavy (non-hydrogen) atoms. The maximum absolute atomic E-state index is 11.6. The fourth-order valence-corrected chi connectivity index (χ4v) is 1.15. The van der Waals surface area contributed by atoms with Crippen LogP contribution in [-0.4, -0.2) is 25.6 Å². The van der Waals surface area contributed by atoms with Gasteiger partial charge in [-0.25, -0.2) is 4.99 Å². The highest BCUT2D eigenvalue weighted by atomic mass is 16.5. The highest BCUT2D eigenvalue weighted by molar-refractivity contribution is 6.02. The second-order valence-corrected chi connectivity index (χ2v) is 4.00. The number of amidine groups is 1. The van der Waals surface area contributed by atoms with Crippen LogP contribution in [0.15, 0.2) is 27.8 Å². The van der Waals surface area contributed by atoms with Crippen LogP contribution in [0, 0.1) is 5.92 Å². The minimum absolute atomic E-state index is 0.215. The van der Waals surface area contributed by atoms with E-state index in [9.17, 15) is 4.79 Å². The van der Waals surface area contributed by atoms with E-state index in [-0.39, 0.29) is 17.7 Å². The largest absolute Gasteiger partial charge is 0.468 e. The molecular formula is C12H18N2O3. The van der Waals surface area contributed by atoms with Crippen molar-refractivity contribution in [3.8, 4) is 0 Å². The number of ether oxygens (including phenoxy) is 1. The van der Waals surface area contributed by atoms with Crippen LogP contribution in [0.3, 0.4) is 0 Å². The van der Waals surface area contributed by atoms with Crippen LogP contribution in [0.2, 0.25) is 0 Å². The lowest BCUT2D eigenvalue weighted by Crippen LogP contribution is -2.31. The van der Waals surface area contributed by atoms with Crippen LogP contribution in [0.5, 0.6) is 0 Å². The average molecular weight is 238 g/mol. The van der Waals surface area contributed by atoms with Crippen LogP contribution in [-0.2, 0) is 4.74 Å². The van der Waals surface area contributed by atoms with Crippen molar-refractivity contribution in [2.24, 2.45) is 10.9 Å². The van der Waals surface area contributed by atoms with Crippen molar-refractivity contribution in [3.05, 3.63) is 24.2 Å². The normalized spacial score (nSPS) is 11.6. The van der Waals surface area contributed by atoms with Crippen LogP contribution in [0.1, 0.15) is 30.8 Å². The average Bonchev–Trinajstić information content (AvgIpc) is 2.80. The summed E-state index contributed by atoms with van der Waals surface area (Å²) in [7, 11) is 1.47. The van der Waals surface area contributed by atoms with Gasteiger partial charge < -0.3 is 9.15 Å². The number of nitrogens with one attached hydrogen (secondary N) is 1. The molecule has 1 N–H and O–H groups in total. The minimum Gasteiger partial charge on any atom is -0.468 e. The summed E-state index contributed by atoms with van der Waals surface area (Å²) in [6.07, 6.45) is 2.39. The van der Waals surface area contributed by atoms with Gasteiger partial charge in [0.15, 0.2) is 5.76 Å². The second-order valence-electron chi connectivity index (χ2n) is 4.00. The molecule has 0 aliphatic heterocycles. The molecule has 0 unspecified atom stereocenters. The predicted octanol–water partition coefficient (Wildman–Crippen LogP) is 2.06. The molecule has 0 saturated heterocycles. The number of amides is 1. The van der Waals surface area contributed by atoms with Crippen molar-refractivity contribution in [2.45, 2.75) is 20.3 Å². The molecule has 1 amide bonds. The Balaban J connectivity index is 2.49. The van der Waals surface area contributed by atoms with Crippen molar-refractivity contribution >= 4 is 11.9 Å². The zero-order chi connectivity index (χ0) is 12.7. The standard InChI is InChI=1S/C12H18N2O3/c1-9(2)6-7-13-12(16-3)14-11(15)10-5-4-8-17-10/h4-5,8-9H,6-7H2,1-3H3,(H,13,14,15). The van der Waals surface area contributed by atoms with E-state index in [1.165, 1.54) is 13.4 Å². The van der Waals surface area contributed by atoms with E-state index in [0.717, 1.165) is 6.42 Å². The van der Waals surface area contributed by atoms with E-state index < -0.39 is 0 Å². The van der Waals surface area contributed by atoms with Gasteiger partial charge in [-0.15, -0.1) is 0 Å². The third-order valence-electron chi connectivity index (χ3n) is 2.12. The van der Waals surface area contributed by atoms with Gasteiger partial charge in [-0.2, -0.15) is 0 Å². The number of rotatable bonds is 4. The smallest absolute Gasteiger partial charge is 0.294 e. The van der Waals surface area contributed by atoms with Crippen molar-refractivity contribution in [1.29, 1.82) is 0 Å². The molecule has 0 bridgehead atoms. The summed E-state index contributed by atoms with van der Waals surface area (Å²) in [4.78, 5) is 15.8. The lowest BCUT2D eigenvalue weighted by atomic mass is 10.1. The van der Waals surface area contributed by atoms with E-state index >= 15 is 0 Å². The topological polar surface area (TPSA) is 63.8 Å². The molecule has 94 valence electrons. The summed E-state index contributed by atoms with van der Waals surface area (Å²) < 4.78 is 9.94. The number of hydrogen-bond donors (Lipinski definition) is 1. The molecule has 0 spiro atoms. The molecule has 1 heterocycles. The molecule has 0 fully saturated rings. The maximum atomic E-state index is 11.6. The predicted molar refractivity (Wildman–Crippen MR) is 64.9 cm³/mol. The number of methoxy groups -OCH3 is 1. The third kappa shape index (κ3) is 4.72. The molecular weight excluding hydrogens is 220 g/mol. The molecule has 0 radical (unpaired) electrons. The summed E-state index contributed by atoms with van der Waals surface area (Å²) in [6.45, 7) is 4.85. The van der Waals surface area contributed by atoms with Crippen molar-refractivity contribution < 1.29 is 13.9 Å². The molecule has 5 nitrogen and oxygen atoms in total. The van der Waals surface area contributed by atoms with Gasteiger partial charge in [-0.1, -0.05) is 13.8 Å². The second kappa shape index (κ2) is 6.73. The summed E-state index contributed by atoms with van der Waals surface area (Å²) in [6, 6.07) is 3.45. The summed E-state index contributed by atoms with van der Waals surface area (Å²) >= 11 is 0. The molecule has 1 rings (SSSR count). The SMILES string of the molecule is COC(=NCCC(C)C)NC(=O)c1ccco1. The van der Waals surface area contributed by atoms with Gasteiger partial charge in [-0.05, 0) is 24.5 Å². The first-order valence-electron chi connectivity index (χ1n) is 5.56. The third-order valence-corrected chi connectivity index (χ3v) is 2.12. The van der Waals surface area contributed by atoms with Gasteiger partial charge in [0.05, 0.1) is 13.4 Å². The molecule has 1 aromatic heterocycles. The Morgan fingerprint density at radius 1 is 1.59 bits per heavy atom. The van der Waals surface area contributed by atoms with Crippen molar-refractivity contribution in [2.75, 3.05) is 13.7 Å². The molecule has 0 aliphatic rings. The summed E-state index contributed by atoms with van der Waals surface area (Å²) in [5.41, 5.74) is 0. The number of aliphatic imine (C=N–C) groups is 1. The molecule has 5 heteroatoms. The lowest BCUT2D eigenvalue weighted by molar-refractivity contribution is 0.0941. The molecule has 0 saturated carbocycles. The quantitative estimate of drug-likeness (QED) is 0.645. The highest BCUT2D eigenvalue weighted by Gasteiger charge is 2.11. The van der Waals surface area contributed by atoms with Gasteiger partial charge in [0.2, 0.25) is 0 Å². The zero-order valence-electron chi connectivity index (χ0n) is 10.4. The van der Waals surface area contributed by atoms with Gasteiger partial charge >= 0.3 is 0 Å². The van der Waals surface area contributed by atoms with E-state index in [0.29, 0.717) is 12.5 Å². The maximum Gasteiger partial charge on any atom is 0.294 e. The van der Waals surface area contributed by atoms with Gasteiger partial charge in [0.25, 0.3) is 11.9 Å². The van der Waals surface area contributed by atoms with E-state index in [1.807, 2.05) is 0 Å². The number of hydrogen-bond acceptors (Lipinski definition) is 4. The monoisotopic (exact) mass is 238 g/mol. The summed E-state index contributed by atoms with van der Waals surface area (Å²) in [5, 5.41) is 2.54. The van der Waals surface area contributed by atoms with Crippen molar-refractivity contribution in [1.82, 2.24) is 5.32 Å². The molecule has 0 aliphatic carbocycles. The Labute approximate surface area is 101 Å². The van der Waals surface area contributed by atoms with Crippen LogP contribution < -0.4 is 5.32 Å². The number of carbonyl (C=O) groups excluding carboxylic acids is 1. The summed E-state index contributed by atoms with van der Waals surface area (Å²) in [5.74, 6) is 0.441. The van der Waals surface area contributed by atoms with Gasteiger partial charge in [0, 0.05) is 6.54 Å². The Bertz CT molecular complexity index is 369. The fourth-order valence-electron chi connectivity index (χ4n) is 1.15. The van der Waals surface area contributed by atoms with E-state index in [4.69, 9.17) is 9.15 Å². The Morgan fingerprint density at radius 3 is 2.88 bits per heavy atom. The Hall–Kier alpha value is -1.78. The first-order valence-corrected chi connectivity index (χ1v) is 5.56. The first kappa shape index (κ1) is 13.3. The molecule has 0 atom stereocenters. The Morgan fingerprint density at radius 2 is 2.35 bits per heavy atom. The molecule has 1 aromatic rings. The van der Waals surface area contributed by atoms with Gasteiger partial charge in [0.1, 0.15) is 0 Å². The van der Waals surface area contributed by atoms with Crippen LogP contribution >= 0.6 is 0 Å². The van der Waals surface area contributed by atoms with Crippen LogP contribution in [0.25, 0.3) is 0 Å². The van der Waals surface area contributed by atoms with E-state index in [2.05, 4.69) is 24.2 Å². The fraction of sp³-hybridized carbons (Fsp3) is 0.500. The zero-order valence-corrected chi connectivity index (χ0v) is 10.4. The van der Waals surface area contributed by atoms with Crippen LogP contribution in [0.4, 0.5) is 0 Å². The van der Waals surface area contributed by atoms with Crippen molar-refractivity contribution in [3.63, 3.8) is 0 Å².